The number of hydrogen-bond acceptors (Lipinski definition) is 7. The van der Waals surface area contributed by atoms with Crippen molar-refractivity contribution in [2.24, 2.45) is 0 Å². The molecule has 2 rings (SSSR count). The van der Waals surface area contributed by atoms with Crippen molar-refractivity contribution in [3.63, 3.8) is 0 Å². The van der Waals surface area contributed by atoms with E-state index in [-0.39, 0.29) is 34.8 Å². The molecule has 0 aliphatic heterocycles. The van der Waals surface area contributed by atoms with Gasteiger partial charge in [-0.05, 0) is 12.1 Å². The second-order valence-electron chi connectivity index (χ2n) is 4.49. The minimum atomic E-state index is -0.899. The molecule has 0 aliphatic rings. The van der Waals surface area contributed by atoms with Gasteiger partial charge in [0.25, 0.3) is 11.4 Å². The van der Waals surface area contributed by atoms with Crippen LogP contribution >= 0.6 is 0 Å². The van der Waals surface area contributed by atoms with Crippen LogP contribution in [0.5, 0.6) is 0 Å². The van der Waals surface area contributed by atoms with Gasteiger partial charge in [0.05, 0.1) is 21.0 Å². The summed E-state index contributed by atoms with van der Waals surface area (Å²) in [4.78, 5) is 32.3. The first-order chi connectivity index (χ1) is 10.9. The highest BCUT2D eigenvalue weighted by Gasteiger charge is 2.19. The van der Waals surface area contributed by atoms with Gasteiger partial charge in [-0.25, -0.2) is 4.79 Å². The van der Waals surface area contributed by atoms with Crippen molar-refractivity contribution in [2.75, 3.05) is 5.73 Å². The first-order valence-electron chi connectivity index (χ1n) is 6.33. The Bertz CT molecular complexity index is 790. The van der Waals surface area contributed by atoms with E-state index in [2.05, 4.69) is 0 Å². The molecule has 9 heteroatoms. The predicted octanol–water partition coefficient (Wildman–Crippen LogP) is 2.44. The van der Waals surface area contributed by atoms with Crippen LogP contribution in [-0.4, -0.2) is 15.8 Å². The molecule has 0 heterocycles. The minimum Gasteiger partial charge on any atom is -0.457 e. The van der Waals surface area contributed by atoms with E-state index < -0.39 is 15.8 Å². The largest absolute Gasteiger partial charge is 0.457 e. The maximum absolute atomic E-state index is 12.0. The van der Waals surface area contributed by atoms with Gasteiger partial charge in [-0.3, -0.25) is 20.2 Å². The van der Waals surface area contributed by atoms with Crippen LogP contribution in [0.4, 0.5) is 17.1 Å². The molecule has 0 saturated heterocycles. The van der Waals surface area contributed by atoms with Crippen LogP contribution in [0.3, 0.4) is 0 Å². The average molecular weight is 317 g/mol. The molecule has 0 spiro atoms. The average Bonchev–Trinajstić information content (AvgIpc) is 2.53. The molecule has 0 aliphatic carbocycles. The SMILES string of the molecule is Nc1ccc([N+](=O)[O-])cc1C(=O)OCc1ccccc1[N+](=O)[O-]. The lowest BCUT2D eigenvalue weighted by Crippen LogP contribution is -2.09. The molecule has 9 nitrogen and oxygen atoms in total. The van der Waals surface area contributed by atoms with E-state index in [0.717, 1.165) is 12.1 Å². The zero-order valence-corrected chi connectivity index (χ0v) is 11.7. The number of nitrogen functional groups attached to an aromatic ring is 1. The lowest BCUT2D eigenvalue weighted by molar-refractivity contribution is -0.385. The molecule has 2 aromatic rings. The zero-order chi connectivity index (χ0) is 17.0. The third kappa shape index (κ3) is 3.59. The lowest BCUT2D eigenvalue weighted by atomic mass is 10.1. The van der Waals surface area contributed by atoms with Gasteiger partial charge in [-0.2, -0.15) is 0 Å². The molecule has 118 valence electrons. The first kappa shape index (κ1) is 15.9. The molecule has 0 radical (unpaired) electrons. The van der Waals surface area contributed by atoms with Crippen LogP contribution in [0.25, 0.3) is 0 Å². The Balaban J connectivity index is 2.19. The number of nitrogens with zero attached hydrogens (tertiary/aromatic N) is 2. The Labute approximate surface area is 129 Å². The lowest BCUT2D eigenvalue weighted by Gasteiger charge is -2.07. The summed E-state index contributed by atoms with van der Waals surface area (Å²) in [5, 5.41) is 21.6. The van der Waals surface area contributed by atoms with E-state index >= 15 is 0 Å². The van der Waals surface area contributed by atoms with Gasteiger partial charge < -0.3 is 10.5 Å². The number of anilines is 1. The number of benzene rings is 2. The molecule has 0 atom stereocenters. The fourth-order valence-corrected chi connectivity index (χ4v) is 1.87. The number of esters is 1. The van der Waals surface area contributed by atoms with Crippen molar-refractivity contribution in [3.05, 3.63) is 73.8 Å². The van der Waals surface area contributed by atoms with Crippen molar-refractivity contribution >= 4 is 23.0 Å². The molecule has 0 amide bonds. The van der Waals surface area contributed by atoms with Gasteiger partial charge >= 0.3 is 5.97 Å². The predicted molar refractivity (Wildman–Crippen MR) is 79.7 cm³/mol. The number of nitro groups is 2. The van der Waals surface area contributed by atoms with E-state index in [9.17, 15) is 25.0 Å². The van der Waals surface area contributed by atoms with Gasteiger partial charge in [-0.15, -0.1) is 0 Å². The van der Waals surface area contributed by atoms with Gasteiger partial charge in [0.15, 0.2) is 0 Å². The molecule has 0 unspecified atom stereocenters. The van der Waals surface area contributed by atoms with E-state index in [1.807, 2.05) is 0 Å². The van der Waals surface area contributed by atoms with Crippen molar-refractivity contribution in [1.82, 2.24) is 0 Å². The quantitative estimate of drug-likeness (QED) is 0.386. The zero-order valence-electron chi connectivity index (χ0n) is 11.7. The smallest absolute Gasteiger partial charge is 0.340 e. The third-order valence-electron chi connectivity index (χ3n) is 3.01. The molecular formula is C14H11N3O6. The molecule has 23 heavy (non-hydrogen) atoms. The second kappa shape index (κ2) is 6.52. The molecule has 2 N–H and O–H groups in total. The highest BCUT2D eigenvalue weighted by molar-refractivity contribution is 5.95. The number of nitrogens with two attached hydrogens (primary N) is 1. The number of rotatable bonds is 5. The Morgan fingerprint density at radius 3 is 2.43 bits per heavy atom. The monoisotopic (exact) mass is 317 g/mol. The number of carbonyl (C=O) groups excluding carboxylic acids is 1. The van der Waals surface area contributed by atoms with Crippen LogP contribution < -0.4 is 5.73 Å². The summed E-state index contributed by atoms with van der Waals surface area (Å²) in [6.07, 6.45) is 0. The van der Waals surface area contributed by atoms with Crippen molar-refractivity contribution in [3.8, 4) is 0 Å². The number of para-hydroxylation sites is 1. The van der Waals surface area contributed by atoms with Crippen LogP contribution in [0.2, 0.25) is 0 Å². The van der Waals surface area contributed by atoms with Gasteiger partial charge in [0, 0.05) is 23.9 Å². The number of hydrogen-bond donors (Lipinski definition) is 1. The summed E-state index contributed by atoms with van der Waals surface area (Å²) < 4.78 is 4.97. The van der Waals surface area contributed by atoms with E-state index in [1.165, 1.54) is 24.3 Å². The number of carbonyl (C=O) groups is 1. The molecule has 0 fully saturated rings. The summed E-state index contributed by atoms with van der Waals surface area (Å²) >= 11 is 0. The van der Waals surface area contributed by atoms with Crippen LogP contribution in [0.1, 0.15) is 15.9 Å². The number of ether oxygens (including phenoxy) is 1. The number of nitro benzene ring substituents is 2. The van der Waals surface area contributed by atoms with E-state index in [4.69, 9.17) is 10.5 Å². The fraction of sp³-hybridized carbons (Fsp3) is 0.0714. The Kier molecular flexibility index (Phi) is 4.50. The molecule has 0 aromatic heterocycles. The van der Waals surface area contributed by atoms with Gasteiger partial charge in [0.1, 0.15) is 6.61 Å². The highest BCUT2D eigenvalue weighted by Crippen LogP contribution is 2.22. The van der Waals surface area contributed by atoms with Crippen molar-refractivity contribution < 1.29 is 19.4 Å². The maximum atomic E-state index is 12.0. The molecule has 2 aromatic carbocycles. The second-order valence-corrected chi connectivity index (χ2v) is 4.49. The van der Waals surface area contributed by atoms with Crippen molar-refractivity contribution in [2.45, 2.75) is 6.61 Å². The van der Waals surface area contributed by atoms with Crippen LogP contribution in [0.15, 0.2) is 42.5 Å². The minimum absolute atomic E-state index is 0.0168. The van der Waals surface area contributed by atoms with Crippen molar-refractivity contribution in [1.29, 1.82) is 0 Å². The van der Waals surface area contributed by atoms with Crippen LogP contribution in [-0.2, 0) is 11.3 Å². The molecular weight excluding hydrogens is 306 g/mol. The Hall–Kier alpha value is -3.49. The molecule has 0 saturated carbocycles. The fourth-order valence-electron chi connectivity index (χ4n) is 1.87. The summed E-state index contributed by atoms with van der Waals surface area (Å²) in [5.74, 6) is -0.899. The molecule has 0 bridgehead atoms. The number of non-ortho nitro benzene ring substituents is 1. The Morgan fingerprint density at radius 2 is 1.78 bits per heavy atom. The summed E-state index contributed by atoms with van der Waals surface area (Å²) in [6.45, 7) is -0.349. The summed E-state index contributed by atoms with van der Waals surface area (Å²) in [6, 6.07) is 9.16. The van der Waals surface area contributed by atoms with E-state index in [0.29, 0.717) is 0 Å². The standard InChI is InChI=1S/C14H11N3O6/c15-12-6-5-10(16(19)20)7-11(12)14(18)23-8-9-3-1-2-4-13(9)17(21)22/h1-7H,8,15H2. The third-order valence-corrected chi connectivity index (χ3v) is 3.01. The highest BCUT2D eigenvalue weighted by atomic mass is 16.6. The van der Waals surface area contributed by atoms with Crippen LogP contribution in [0, 0.1) is 20.2 Å². The van der Waals surface area contributed by atoms with Gasteiger partial charge in [-0.1, -0.05) is 12.1 Å². The summed E-state index contributed by atoms with van der Waals surface area (Å²) in [7, 11) is 0. The van der Waals surface area contributed by atoms with E-state index in [1.54, 1.807) is 6.07 Å². The Morgan fingerprint density at radius 1 is 1.09 bits per heavy atom. The van der Waals surface area contributed by atoms with Gasteiger partial charge in [0.2, 0.25) is 0 Å². The first-order valence-corrected chi connectivity index (χ1v) is 6.33. The maximum Gasteiger partial charge on any atom is 0.340 e. The summed E-state index contributed by atoms with van der Waals surface area (Å²) in [5.41, 5.74) is 5.16. The normalized spacial score (nSPS) is 10.1. The topological polar surface area (TPSA) is 139 Å².